The van der Waals surface area contributed by atoms with E-state index in [1.165, 1.54) is 19.3 Å². The van der Waals surface area contributed by atoms with Gasteiger partial charge in [-0.15, -0.1) is 0 Å². The molecule has 0 aromatic heterocycles. The van der Waals surface area contributed by atoms with E-state index >= 15 is 0 Å². The second-order valence-electron chi connectivity index (χ2n) is 3.28. The summed E-state index contributed by atoms with van der Waals surface area (Å²) in [6, 6.07) is 0. The Morgan fingerprint density at radius 3 is 2.17 bits per heavy atom. The zero-order valence-electron chi connectivity index (χ0n) is 8.69. The lowest BCUT2D eigenvalue weighted by atomic mass is 10.2. The number of nitrogens with one attached hydrogen (secondary N) is 1. The van der Waals surface area contributed by atoms with Crippen LogP contribution in [0.1, 0.15) is 46.5 Å². The zero-order chi connectivity index (χ0) is 9.40. The SMILES string of the molecule is CCCCCN(CCC)C(C)=N. The molecule has 0 aliphatic heterocycles. The smallest absolute Gasteiger partial charge is 0.0925 e. The van der Waals surface area contributed by atoms with E-state index < -0.39 is 0 Å². The van der Waals surface area contributed by atoms with E-state index in [1.807, 2.05) is 6.92 Å². The van der Waals surface area contributed by atoms with Gasteiger partial charge >= 0.3 is 0 Å². The lowest BCUT2D eigenvalue weighted by Gasteiger charge is -2.22. The maximum Gasteiger partial charge on any atom is 0.0925 e. The van der Waals surface area contributed by atoms with Crippen molar-refractivity contribution < 1.29 is 0 Å². The molecule has 0 aromatic carbocycles. The van der Waals surface area contributed by atoms with Gasteiger partial charge in [0.15, 0.2) is 0 Å². The molecule has 0 atom stereocenters. The standard InChI is InChI=1S/C10H22N2/c1-4-6-7-9-12(8-5-2)10(3)11/h11H,4-9H2,1-3H3. The molecular formula is C10H22N2. The minimum absolute atomic E-state index is 0.716. The van der Waals surface area contributed by atoms with Crippen LogP contribution in [0, 0.1) is 5.41 Å². The second kappa shape index (κ2) is 7.14. The Morgan fingerprint density at radius 2 is 1.75 bits per heavy atom. The molecule has 0 fully saturated rings. The molecule has 0 heterocycles. The minimum atomic E-state index is 0.716. The summed E-state index contributed by atoms with van der Waals surface area (Å²) in [5.74, 6) is 0.716. The van der Waals surface area contributed by atoms with Crippen LogP contribution in [0.4, 0.5) is 0 Å². The Labute approximate surface area is 76.5 Å². The maximum absolute atomic E-state index is 7.52. The van der Waals surface area contributed by atoms with Crippen molar-refractivity contribution in [1.29, 1.82) is 5.41 Å². The lowest BCUT2D eigenvalue weighted by molar-refractivity contribution is 0.398. The predicted octanol–water partition coefficient (Wildman–Crippen LogP) is 2.89. The third-order valence-electron chi connectivity index (χ3n) is 2.00. The molecule has 1 N–H and O–H groups in total. The zero-order valence-corrected chi connectivity index (χ0v) is 8.69. The van der Waals surface area contributed by atoms with Crippen molar-refractivity contribution in [2.45, 2.75) is 46.5 Å². The fraction of sp³-hybridized carbons (Fsp3) is 0.900. The van der Waals surface area contributed by atoms with Crippen molar-refractivity contribution in [3.63, 3.8) is 0 Å². The quantitative estimate of drug-likeness (QED) is 0.370. The van der Waals surface area contributed by atoms with Crippen molar-refractivity contribution in [1.82, 2.24) is 4.90 Å². The Kier molecular flexibility index (Phi) is 6.82. The topological polar surface area (TPSA) is 27.1 Å². The van der Waals surface area contributed by atoms with Crippen LogP contribution in [-0.4, -0.2) is 23.8 Å². The van der Waals surface area contributed by atoms with Crippen LogP contribution in [0.2, 0.25) is 0 Å². The van der Waals surface area contributed by atoms with Gasteiger partial charge in [-0.2, -0.15) is 0 Å². The molecule has 0 spiro atoms. The van der Waals surface area contributed by atoms with Gasteiger partial charge in [0.2, 0.25) is 0 Å². The molecule has 72 valence electrons. The molecule has 0 unspecified atom stereocenters. The Balaban J connectivity index is 3.56. The highest BCUT2D eigenvalue weighted by Gasteiger charge is 2.02. The fourth-order valence-electron chi connectivity index (χ4n) is 1.27. The van der Waals surface area contributed by atoms with Gasteiger partial charge in [0.1, 0.15) is 0 Å². The highest BCUT2D eigenvalue weighted by atomic mass is 15.1. The monoisotopic (exact) mass is 170 g/mol. The molecule has 0 radical (unpaired) electrons. The van der Waals surface area contributed by atoms with E-state index in [-0.39, 0.29) is 0 Å². The second-order valence-corrected chi connectivity index (χ2v) is 3.28. The fourth-order valence-corrected chi connectivity index (χ4v) is 1.27. The first kappa shape index (κ1) is 11.5. The van der Waals surface area contributed by atoms with Crippen molar-refractivity contribution in [2.75, 3.05) is 13.1 Å². The molecule has 0 rings (SSSR count). The molecular weight excluding hydrogens is 148 g/mol. The van der Waals surface area contributed by atoms with Gasteiger partial charge in [0.25, 0.3) is 0 Å². The highest BCUT2D eigenvalue weighted by Crippen LogP contribution is 1.99. The first-order valence-corrected chi connectivity index (χ1v) is 5.02. The van der Waals surface area contributed by atoms with Gasteiger partial charge in [-0.3, -0.25) is 5.41 Å². The van der Waals surface area contributed by atoms with Crippen LogP contribution in [0.3, 0.4) is 0 Å². The predicted molar refractivity (Wildman–Crippen MR) is 54.8 cm³/mol. The van der Waals surface area contributed by atoms with Crippen LogP contribution in [0.15, 0.2) is 0 Å². The Bertz CT molecular complexity index is 121. The van der Waals surface area contributed by atoms with Gasteiger partial charge in [0.05, 0.1) is 5.84 Å². The summed E-state index contributed by atoms with van der Waals surface area (Å²) < 4.78 is 0. The van der Waals surface area contributed by atoms with Gasteiger partial charge in [-0.1, -0.05) is 26.7 Å². The number of rotatable bonds is 6. The Hall–Kier alpha value is -0.530. The molecule has 0 aliphatic rings. The molecule has 12 heavy (non-hydrogen) atoms. The average molecular weight is 170 g/mol. The third kappa shape index (κ3) is 5.16. The summed E-state index contributed by atoms with van der Waals surface area (Å²) in [6.45, 7) is 8.36. The summed E-state index contributed by atoms with van der Waals surface area (Å²) >= 11 is 0. The van der Waals surface area contributed by atoms with Crippen molar-refractivity contribution >= 4 is 5.84 Å². The maximum atomic E-state index is 7.52. The number of hydrogen-bond donors (Lipinski definition) is 1. The number of unbranched alkanes of at least 4 members (excludes halogenated alkanes) is 2. The first-order valence-electron chi connectivity index (χ1n) is 5.02. The number of hydrogen-bond acceptors (Lipinski definition) is 1. The molecule has 0 aromatic rings. The van der Waals surface area contributed by atoms with E-state index in [9.17, 15) is 0 Å². The highest BCUT2D eigenvalue weighted by molar-refractivity contribution is 5.76. The van der Waals surface area contributed by atoms with Crippen molar-refractivity contribution in [3.05, 3.63) is 0 Å². The molecule has 2 nitrogen and oxygen atoms in total. The molecule has 0 saturated heterocycles. The van der Waals surface area contributed by atoms with E-state index in [0.717, 1.165) is 19.5 Å². The summed E-state index contributed by atoms with van der Waals surface area (Å²) in [5, 5.41) is 7.52. The normalized spacial score (nSPS) is 9.92. The molecule has 0 saturated carbocycles. The molecule has 0 aliphatic carbocycles. The summed E-state index contributed by atoms with van der Waals surface area (Å²) in [4.78, 5) is 2.16. The van der Waals surface area contributed by atoms with E-state index in [2.05, 4.69) is 18.7 Å². The van der Waals surface area contributed by atoms with E-state index in [1.54, 1.807) is 0 Å². The summed E-state index contributed by atoms with van der Waals surface area (Å²) in [6.07, 6.45) is 4.92. The van der Waals surface area contributed by atoms with Crippen LogP contribution in [0.25, 0.3) is 0 Å². The molecule has 0 bridgehead atoms. The van der Waals surface area contributed by atoms with Gasteiger partial charge < -0.3 is 4.90 Å². The van der Waals surface area contributed by atoms with Crippen molar-refractivity contribution in [2.24, 2.45) is 0 Å². The molecule has 2 heteroatoms. The van der Waals surface area contributed by atoms with Gasteiger partial charge in [0, 0.05) is 13.1 Å². The molecule has 0 amide bonds. The van der Waals surface area contributed by atoms with Crippen LogP contribution >= 0.6 is 0 Å². The van der Waals surface area contributed by atoms with Crippen LogP contribution < -0.4 is 0 Å². The Morgan fingerprint density at radius 1 is 1.08 bits per heavy atom. The average Bonchev–Trinajstić information content (AvgIpc) is 2.03. The number of amidine groups is 1. The first-order chi connectivity index (χ1) is 5.72. The van der Waals surface area contributed by atoms with E-state index in [0.29, 0.717) is 5.84 Å². The van der Waals surface area contributed by atoms with Crippen molar-refractivity contribution in [3.8, 4) is 0 Å². The third-order valence-corrected chi connectivity index (χ3v) is 2.00. The number of nitrogens with zero attached hydrogens (tertiary/aromatic N) is 1. The van der Waals surface area contributed by atoms with Gasteiger partial charge in [-0.25, -0.2) is 0 Å². The summed E-state index contributed by atoms with van der Waals surface area (Å²) in [7, 11) is 0. The van der Waals surface area contributed by atoms with Gasteiger partial charge in [-0.05, 0) is 19.8 Å². The summed E-state index contributed by atoms with van der Waals surface area (Å²) in [5.41, 5.74) is 0. The lowest BCUT2D eigenvalue weighted by Crippen LogP contribution is -2.29. The van der Waals surface area contributed by atoms with Crippen LogP contribution in [-0.2, 0) is 0 Å². The van der Waals surface area contributed by atoms with E-state index in [4.69, 9.17) is 5.41 Å². The largest absolute Gasteiger partial charge is 0.361 e. The van der Waals surface area contributed by atoms with Crippen LogP contribution in [0.5, 0.6) is 0 Å². The minimum Gasteiger partial charge on any atom is -0.361 e.